The van der Waals surface area contributed by atoms with Crippen LogP contribution in [0.25, 0.3) is 0 Å². The second-order valence-electron chi connectivity index (χ2n) is 9.71. The quantitative estimate of drug-likeness (QED) is 0.0824. The molecule has 4 amide bonds. The molecule has 1 aliphatic rings. The molecule has 2 atom stereocenters. The summed E-state index contributed by atoms with van der Waals surface area (Å²) < 4.78 is 27.2. The summed E-state index contributed by atoms with van der Waals surface area (Å²) >= 11 is 0. The van der Waals surface area contributed by atoms with Crippen molar-refractivity contribution in [1.29, 1.82) is 0 Å². The number of nitro groups is 1. The Balaban J connectivity index is 2.26. The lowest BCUT2D eigenvalue weighted by molar-refractivity contribution is -0.384. The number of sulfonamides is 1. The Hall–Kier alpha value is -4.45. The molecule has 43 heavy (non-hydrogen) atoms. The molecule has 1 fully saturated rings. The van der Waals surface area contributed by atoms with Crippen molar-refractivity contribution in [3.05, 3.63) is 34.4 Å². The third-order valence-corrected chi connectivity index (χ3v) is 8.73. The number of carboxylic acids is 3. The van der Waals surface area contributed by atoms with Crippen LogP contribution in [0.1, 0.15) is 58.8 Å². The van der Waals surface area contributed by atoms with E-state index >= 15 is 0 Å². The van der Waals surface area contributed by atoms with E-state index in [-0.39, 0.29) is 54.1 Å². The number of nitrogens with zero attached hydrogens (tertiary/aromatic N) is 3. The predicted molar refractivity (Wildman–Crippen MR) is 144 cm³/mol. The number of nitrogens with one attached hydrogen (secondary N) is 1. The number of urea groups is 1. The van der Waals surface area contributed by atoms with Crippen molar-refractivity contribution >= 4 is 51.5 Å². The molecule has 1 aromatic carbocycles. The summed E-state index contributed by atoms with van der Waals surface area (Å²) in [4.78, 5) is 86.2. The molecule has 0 aromatic heterocycles. The zero-order chi connectivity index (χ0) is 32.7. The molecule has 1 heterocycles. The minimum atomic E-state index is -4.07. The van der Waals surface area contributed by atoms with Gasteiger partial charge in [0.1, 0.15) is 17.5 Å². The van der Waals surface area contributed by atoms with Gasteiger partial charge in [-0.15, -0.1) is 0 Å². The Morgan fingerprint density at radius 3 is 1.81 bits per heavy atom. The van der Waals surface area contributed by atoms with Gasteiger partial charge in [-0.2, -0.15) is 0 Å². The van der Waals surface area contributed by atoms with Crippen LogP contribution in [-0.2, 0) is 34.0 Å². The molecule has 0 spiro atoms. The van der Waals surface area contributed by atoms with Crippen LogP contribution >= 0.6 is 0 Å². The molecule has 17 nitrogen and oxygen atoms in total. The molecule has 1 aromatic rings. The normalized spacial score (nSPS) is 16.6. The number of aliphatic carboxylic acids is 3. The number of rotatable bonds is 17. The van der Waals surface area contributed by atoms with Gasteiger partial charge in [-0.25, -0.2) is 37.3 Å². The molecule has 1 saturated heterocycles. The Labute approximate surface area is 245 Å². The monoisotopic (exact) mass is 628 g/mol. The molecule has 2 rings (SSSR count). The fraction of sp³-hybridized carbons (Fsp3) is 0.520. The van der Waals surface area contributed by atoms with Crippen LogP contribution < -0.4 is 4.72 Å². The van der Waals surface area contributed by atoms with Crippen LogP contribution in [0.4, 0.5) is 10.5 Å². The summed E-state index contributed by atoms with van der Waals surface area (Å²) in [6.45, 7) is 2.67. The fourth-order valence-corrected chi connectivity index (χ4v) is 5.81. The van der Waals surface area contributed by atoms with Crippen molar-refractivity contribution in [1.82, 2.24) is 14.5 Å². The van der Waals surface area contributed by atoms with Gasteiger partial charge in [0.25, 0.3) is 5.69 Å². The molecule has 18 heteroatoms. The first-order chi connectivity index (χ1) is 20.0. The first kappa shape index (κ1) is 34.7. The van der Waals surface area contributed by atoms with E-state index in [0.717, 1.165) is 24.3 Å². The standard InChI is InChI=1S/C25H32N4O13S/c1-3-25(4-2)22(36)27(24(38)28(23(25)37)18(21(34)35)12-13-19(30)31)17(20(32)33)7-5-6-14-26-43(41,42)16-10-8-15(9-11-16)29(39)40/h8-11,17-18,26H,3-7,12-14H2,1-2H3,(H,30,31)(H,32,33)(H,34,35). The van der Waals surface area contributed by atoms with E-state index in [1.807, 2.05) is 0 Å². The Morgan fingerprint density at radius 1 is 0.907 bits per heavy atom. The highest BCUT2D eigenvalue weighted by molar-refractivity contribution is 7.89. The maximum Gasteiger partial charge on any atom is 0.335 e. The third kappa shape index (κ3) is 7.50. The van der Waals surface area contributed by atoms with Gasteiger partial charge in [-0.3, -0.25) is 24.5 Å². The summed E-state index contributed by atoms with van der Waals surface area (Å²) in [5.74, 6) is -7.05. The maximum absolute atomic E-state index is 13.5. The van der Waals surface area contributed by atoms with Crippen LogP contribution in [0.3, 0.4) is 0 Å². The number of hydrogen-bond donors (Lipinski definition) is 4. The van der Waals surface area contributed by atoms with Gasteiger partial charge in [0.2, 0.25) is 21.8 Å². The lowest BCUT2D eigenvalue weighted by Crippen LogP contribution is -2.70. The third-order valence-electron chi connectivity index (χ3n) is 7.26. The first-order valence-corrected chi connectivity index (χ1v) is 14.7. The average molecular weight is 629 g/mol. The molecular formula is C25H32N4O13S. The predicted octanol–water partition coefficient (Wildman–Crippen LogP) is 1.41. The average Bonchev–Trinajstić information content (AvgIpc) is 2.93. The van der Waals surface area contributed by atoms with E-state index in [9.17, 15) is 57.5 Å². The number of non-ortho nitro benzene ring substituents is 1. The van der Waals surface area contributed by atoms with Crippen LogP contribution in [0, 0.1) is 15.5 Å². The van der Waals surface area contributed by atoms with E-state index < -0.39 is 81.0 Å². The van der Waals surface area contributed by atoms with E-state index in [2.05, 4.69) is 4.72 Å². The van der Waals surface area contributed by atoms with Crippen LogP contribution in [-0.4, -0.2) is 92.8 Å². The second-order valence-corrected chi connectivity index (χ2v) is 11.5. The van der Waals surface area contributed by atoms with Crippen molar-refractivity contribution in [3.8, 4) is 0 Å². The minimum absolute atomic E-state index is 0.0257. The van der Waals surface area contributed by atoms with Gasteiger partial charge >= 0.3 is 23.9 Å². The van der Waals surface area contributed by atoms with Crippen LogP contribution in [0.15, 0.2) is 29.2 Å². The number of imide groups is 2. The molecule has 4 N–H and O–H groups in total. The number of hydrogen-bond acceptors (Lipinski definition) is 10. The molecule has 0 saturated carbocycles. The Kier molecular flexibility index (Phi) is 11.4. The number of amides is 4. The van der Waals surface area contributed by atoms with Crippen LogP contribution in [0.5, 0.6) is 0 Å². The second kappa shape index (κ2) is 14.1. The van der Waals surface area contributed by atoms with Crippen molar-refractivity contribution in [2.75, 3.05) is 6.54 Å². The van der Waals surface area contributed by atoms with E-state index in [1.54, 1.807) is 0 Å². The van der Waals surface area contributed by atoms with Crippen molar-refractivity contribution in [3.63, 3.8) is 0 Å². The zero-order valence-electron chi connectivity index (χ0n) is 23.3. The zero-order valence-corrected chi connectivity index (χ0v) is 24.1. The number of carbonyl (C=O) groups is 6. The number of carbonyl (C=O) groups excluding carboxylic acids is 3. The molecule has 2 unspecified atom stereocenters. The number of nitro benzene ring substituents is 1. The van der Waals surface area contributed by atoms with Crippen LogP contribution in [0.2, 0.25) is 0 Å². The number of unbranched alkanes of at least 4 members (excludes halogenated alkanes) is 1. The van der Waals surface area contributed by atoms with E-state index in [4.69, 9.17) is 5.11 Å². The molecule has 1 aliphatic heterocycles. The SMILES string of the molecule is CCC1(CC)C(=O)N(C(CCCCNS(=O)(=O)c2ccc([N+](=O)[O-])cc2)C(=O)O)C(=O)N(C(CCC(=O)O)C(=O)O)C1=O. The van der Waals surface area contributed by atoms with Gasteiger partial charge in [0.05, 0.1) is 9.82 Å². The Bertz CT molecular complexity index is 1390. The number of barbiturate groups is 1. The van der Waals surface area contributed by atoms with Gasteiger partial charge in [0, 0.05) is 25.1 Å². The molecule has 0 radical (unpaired) electrons. The summed E-state index contributed by atoms with van der Waals surface area (Å²) in [6, 6.07) is -1.24. The lowest BCUT2D eigenvalue weighted by atomic mass is 9.77. The highest BCUT2D eigenvalue weighted by Crippen LogP contribution is 2.39. The topological polar surface area (TPSA) is 259 Å². The fourth-order valence-electron chi connectivity index (χ4n) is 4.73. The molecule has 0 aliphatic carbocycles. The van der Waals surface area contributed by atoms with Gasteiger partial charge < -0.3 is 15.3 Å². The van der Waals surface area contributed by atoms with Gasteiger partial charge in [-0.1, -0.05) is 13.8 Å². The molecule has 0 bridgehead atoms. The van der Waals surface area contributed by atoms with Crippen molar-refractivity contribution < 1.29 is 57.4 Å². The Morgan fingerprint density at radius 2 is 1.40 bits per heavy atom. The smallest absolute Gasteiger partial charge is 0.335 e. The summed E-state index contributed by atoms with van der Waals surface area (Å²) in [5, 5.41) is 39.5. The van der Waals surface area contributed by atoms with Gasteiger partial charge in [-0.05, 0) is 50.7 Å². The summed E-state index contributed by atoms with van der Waals surface area (Å²) in [5.41, 5.74) is -2.29. The maximum atomic E-state index is 13.5. The highest BCUT2D eigenvalue weighted by atomic mass is 32.2. The van der Waals surface area contributed by atoms with Crippen molar-refractivity contribution in [2.45, 2.75) is 75.8 Å². The lowest BCUT2D eigenvalue weighted by Gasteiger charge is -2.46. The largest absolute Gasteiger partial charge is 0.481 e. The van der Waals surface area contributed by atoms with Gasteiger partial charge in [0.15, 0.2) is 0 Å². The van der Waals surface area contributed by atoms with E-state index in [1.165, 1.54) is 13.8 Å². The summed E-state index contributed by atoms with van der Waals surface area (Å²) in [7, 11) is -4.07. The molecule has 236 valence electrons. The first-order valence-electron chi connectivity index (χ1n) is 13.2. The number of carboxylic acid groups (broad SMARTS) is 3. The molecular weight excluding hydrogens is 596 g/mol. The number of benzene rings is 1. The highest BCUT2D eigenvalue weighted by Gasteiger charge is 2.59. The van der Waals surface area contributed by atoms with E-state index in [0.29, 0.717) is 4.90 Å². The van der Waals surface area contributed by atoms with Crippen molar-refractivity contribution in [2.24, 2.45) is 5.41 Å². The summed E-state index contributed by atoms with van der Waals surface area (Å²) in [6.07, 6.45) is -2.22. The minimum Gasteiger partial charge on any atom is -0.481 e.